The average molecular weight is 331 g/mol. The molecule has 1 aromatic carbocycles. The van der Waals surface area contributed by atoms with Gasteiger partial charge in [0, 0.05) is 23.5 Å². The van der Waals surface area contributed by atoms with Crippen LogP contribution in [0.5, 0.6) is 0 Å². The molecule has 24 heavy (non-hydrogen) atoms. The highest BCUT2D eigenvalue weighted by Crippen LogP contribution is 2.17. The van der Waals surface area contributed by atoms with Crippen LogP contribution >= 0.6 is 11.6 Å². The smallest absolute Gasteiger partial charge is 0.154 e. The number of hydrogen-bond donors (Lipinski definition) is 0. The Bertz CT molecular complexity index is 1070. The van der Waals surface area contributed by atoms with Crippen molar-refractivity contribution < 1.29 is 0 Å². The summed E-state index contributed by atoms with van der Waals surface area (Å²) in [7, 11) is 0. The Morgan fingerprint density at radius 1 is 0.917 bits per heavy atom. The van der Waals surface area contributed by atoms with E-state index < -0.39 is 0 Å². The summed E-state index contributed by atoms with van der Waals surface area (Å²) in [5, 5.41) is 5.17. The van der Waals surface area contributed by atoms with Crippen LogP contribution in [0.15, 0.2) is 67.1 Å². The molecule has 3 aromatic heterocycles. The van der Waals surface area contributed by atoms with Crippen LogP contribution in [0.1, 0.15) is 11.3 Å². The Kier molecular flexibility index (Phi) is 3.70. The van der Waals surface area contributed by atoms with Crippen molar-refractivity contribution in [1.29, 1.82) is 0 Å². The second kappa shape index (κ2) is 6.15. The summed E-state index contributed by atoms with van der Waals surface area (Å²) in [5.74, 6) is 6.12. The normalized spacial score (nSPS) is 10.4. The fraction of sp³-hybridized carbons (Fsp3) is 0. The van der Waals surface area contributed by atoms with E-state index in [0.29, 0.717) is 10.7 Å². The number of fused-ring (bicyclic) bond motifs is 1. The second-order valence-electron chi connectivity index (χ2n) is 5.10. The molecule has 0 amide bonds. The number of imidazole rings is 1. The van der Waals surface area contributed by atoms with Gasteiger partial charge in [0.1, 0.15) is 5.69 Å². The minimum atomic E-state index is 0.525. The van der Waals surface area contributed by atoms with Crippen LogP contribution in [0.25, 0.3) is 16.9 Å². The number of hydrogen-bond acceptors (Lipinski definition) is 3. The largest absolute Gasteiger partial charge is 0.263 e. The molecule has 0 radical (unpaired) electrons. The lowest BCUT2D eigenvalue weighted by molar-refractivity contribution is 0.930. The lowest BCUT2D eigenvalue weighted by Crippen LogP contribution is -1.96. The number of aromatic nitrogens is 4. The van der Waals surface area contributed by atoms with Crippen molar-refractivity contribution in [3.8, 4) is 23.1 Å². The van der Waals surface area contributed by atoms with Gasteiger partial charge in [0.15, 0.2) is 5.65 Å². The molecule has 0 saturated carbocycles. The van der Waals surface area contributed by atoms with E-state index in [1.54, 1.807) is 29.2 Å². The van der Waals surface area contributed by atoms with Crippen molar-refractivity contribution in [3.05, 3.63) is 83.4 Å². The van der Waals surface area contributed by atoms with Gasteiger partial charge in [-0.1, -0.05) is 47.9 Å². The van der Waals surface area contributed by atoms with Crippen molar-refractivity contribution in [3.63, 3.8) is 0 Å². The highest BCUT2D eigenvalue weighted by molar-refractivity contribution is 6.31. The molecule has 4 aromatic rings. The minimum absolute atomic E-state index is 0.525. The molecule has 3 heterocycles. The van der Waals surface area contributed by atoms with Gasteiger partial charge in [0.25, 0.3) is 0 Å². The predicted molar refractivity (Wildman–Crippen MR) is 93.6 cm³/mol. The van der Waals surface area contributed by atoms with Crippen molar-refractivity contribution in [1.82, 2.24) is 19.6 Å². The molecule has 0 unspecified atom stereocenters. The predicted octanol–water partition coefficient (Wildman–Crippen LogP) is 3.84. The first-order chi connectivity index (χ1) is 11.8. The summed E-state index contributed by atoms with van der Waals surface area (Å²) in [4.78, 5) is 8.30. The van der Waals surface area contributed by atoms with Gasteiger partial charge in [-0.15, -0.1) is 0 Å². The van der Waals surface area contributed by atoms with Gasteiger partial charge in [-0.2, -0.15) is 5.10 Å². The molecular formula is C19H11ClN4. The zero-order chi connectivity index (χ0) is 16.4. The molecule has 4 nitrogen and oxygen atoms in total. The Hall–Kier alpha value is -3.16. The number of nitrogens with zero attached hydrogens (tertiary/aromatic N) is 4. The van der Waals surface area contributed by atoms with Crippen LogP contribution in [0.2, 0.25) is 5.02 Å². The van der Waals surface area contributed by atoms with Gasteiger partial charge in [-0.25, -0.2) is 9.50 Å². The van der Waals surface area contributed by atoms with Gasteiger partial charge in [0.05, 0.1) is 16.9 Å². The third-order valence-electron chi connectivity index (χ3n) is 3.53. The van der Waals surface area contributed by atoms with Gasteiger partial charge >= 0.3 is 0 Å². The molecule has 0 atom stereocenters. The molecule has 0 aliphatic heterocycles. The van der Waals surface area contributed by atoms with Gasteiger partial charge < -0.3 is 0 Å². The maximum atomic E-state index is 6.08. The Morgan fingerprint density at radius 2 is 1.79 bits per heavy atom. The number of halogens is 1. The minimum Gasteiger partial charge on any atom is -0.263 e. The molecular weight excluding hydrogens is 320 g/mol. The van der Waals surface area contributed by atoms with Crippen LogP contribution in [-0.2, 0) is 0 Å². The molecule has 0 bridgehead atoms. The first kappa shape index (κ1) is 14.4. The molecule has 0 aliphatic carbocycles. The SMILES string of the molecule is Clc1cnccc1C#Cc1cnc2ccc(-c3ccccc3)nn12. The molecule has 0 fully saturated rings. The van der Waals surface area contributed by atoms with E-state index in [4.69, 9.17) is 11.6 Å². The first-order valence-corrected chi connectivity index (χ1v) is 7.71. The Morgan fingerprint density at radius 3 is 2.62 bits per heavy atom. The van der Waals surface area contributed by atoms with Crippen molar-refractivity contribution in [2.45, 2.75) is 0 Å². The lowest BCUT2D eigenvalue weighted by atomic mass is 10.1. The second-order valence-corrected chi connectivity index (χ2v) is 5.51. The van der Waals surface area contributed by atoms with Crippen LogP contribution < -0.4 is 0 Å². The maximum absolute atomic E-state index is 6.08. The standard InChI is InChI=1S/C19H11ClN4/c20-17-13-21-11-10-14(17)6-7-16-12-22-19-9-8-18(23-24(16)19)15-4-2-1-3-5-15/h1-5,8-13H. The van der Waals surface area contributed by atoms with E-state index in [1.807, 2.05) is 42.5 Å². The summed E-state index contributed by atoms with van der Waals surface area (Å²) in [6, 6.07) is 15.7. The third-order valence-corrected chi connectivity index (χ3v) is 3.83. The fourth-order valence-electron chi connectivity index (χ4n) is 2.33. The van der Waals surface area contributed by atoms with Gasteiger partial charge in [-0.3, -0.25) is 4.98 Å². The van der Waals surface area contributed by atoms with Crippen LogP contribution in [0.3, 0.4) is 0 Å². The number of benzene rings is 1. The van der Waals surface area contributed by atoms with E-state index in [1.165, 1.54) is 0 Å². The highest BCUT2D eigenvalue weighted by atomic mass is 35.5. The molecule has 0 aliphatic rings. The quantitative estimate of drug-likeness (QED) is 0.498. The Labute approximate surface area is 143 Å². The number of rotatable bonds is 1. The zero-order valence-corrected chi connectivity index (χ0v) is 13.3. The van der Waals surface area contributed by atoms with E-state index in [9.17, 15) is 0 Å². The monoisotopic (exact) mass is 330 g/mol. The van der Waals surface area contributed by atoms with E-state index in [2.05, 4.69) is 26.9 Å². The van der Waals surface area contributed by atoms with Crippen LogP contribution in [0, 0.1) is 11.8 Å². The maximum Gasteiger partial charge on any atom is 0.154 e. The summed E-state index contributed by atoms with van der Waals surface area (Å²) >= 11 is 6.08. The molecule has 0 saturated heterocycles. The lowest BCUT2D eigenvalue weighted by Gasteiger charge is -2.01. The fourth-order valence-corrected chi connectivity index (χ4v) is 2.50. The van der Waals surface area contributed by atoms with Crippen molar-refractivity contribution in [2.75, 3.05) is 0 Å². The molecule has 4 rings (SSSR count). The number of pyridine rings is 1. The summed E-state index contributed by atoms with van der Waals surface area (Å²) in [6.45, 7) is 0. The average Bonchev–Trinajstić information content (AvgIpc) is 3.04. The van der Waals surface area contributed by atoms with Gasteiger partial charge in [-0.05, 0) is 24.1 Å². The molecule has 5 heteroatoms. The molecule has 114 valence electrons. The summed E-state index contributed by atoms with van der Waals surface area (Å²) < 4.78 is 1.74. The first-order valence-electron chi connectivity index (χ1n) is 7.33. The zero-order valence-electron chi connectivity index (χ0n) is 12.5. The molecule has 0 spiro atoms. The third kappa shape index (κ3) is 2.73. The molecule has 0 N–H and O–H groups in total. The van der Waals surface area contributed by atoms with Gasteiger partial charge in [0.2, 0.25) is 0 Å². The van der Waals surface area contributed by atoms with Crippen molar-refractivity contribution in [2.24, 2.45) is 0 Å². The van der Waals surface area contributed by atoms with Crippen LogP contribution in [0.4, 0.5) is 0 Å². The van der Waals surface area contributed by atoms with E-state index in [-0.39, 0.29) is 0 Å². The van der Waals surface area contributed by atoms with E-state index >= 15 is 0 Å². The van der Waals surface area contributed by atoms with Crippen molar-refractivity contribution >= 4 is 17.2 Å². The summed E-state index contributed by atoms with van der Waals surface area (Å²) in [5.41, 5.74) is 4.09. The highest BCUT2D eigenvalue weighted by Gasteiger charge is 2.05. The summed E-state index contributed by atoms with van der Waals surface area (Å²) in [6.07, 6.45) is 4.95. The van der Waals surface area contributed by atoms with E-state index in [0.717, 1.165) is 22.5 Å². The topological polar surface area (TPSA) is 43.1 Å². The Balaban J connectivity index is 1.79. The van der Waals surface area contributed by atoms with Crippen LogP contribution in [-0.4, -0.2) is 19.6 Å².